The Bertz CT molecular complexity index is 714. The van der Waals surface area contributed by atoms with Crippen LogP contribution in [0.5, 0.6) is 0 Å². The smallest absolute Gasteiger partial charge is 0.167 e. The molecule has 0 bridgehead atoms. The maximum atomic E-state index is 5.36. The predicted octanol–water partition coefficient (Wildman–Crippen LogP) is 2.94. The van der Waals surface area contributed by atoms with E-state index < -0.39 is 0 Å². The van der Waals surface area contributed by atoms with Crippen LogP contribution in [0.4, 0.5) is 0 Å². The minimum atomic E-state index is 0.722. The Balaban J connectivity index is 1.89. The first-order chi connectivity index (χ1) is 10.4. The van der Waals surface area contributed by atoms with Crippen LogP contribution in [0.2, 0.25) is 0 Å². The van der Waals surface area contributed by atoms with Crippen LogP contribution in [0.1, 0.15) is 6.92 Å². The zero-order valence-electron chi connectivity index (χ0n) is 11.8. The fraction of sp³-hybridized carbons (Fsp3) is 0.267. The highest BCUT2D eigenvalue weighted by molar-refractivity contribution is 7.99. The Labute approximate surface area is 127 Å². The molecule has 5 nitrogen and oxygen atoms in total. The molecule has 0 N–H and O–H groups in total. The quantitative estimate of drug-likeness (QED) is 0.398. The Morgan fingerprint density at radius 2 is 2.05 bits per heavy atom. The van der Waals surface area contributed by atoms with Gasteiger partial charge in [0, 0.05) is 12.4 Å². The number of aromatic nitrogens is 4. The van der Waals surface area contributed by atoms with Crippen LogP contribution in [0, 0.1) is 0 Å². The maximum absolute atomic E-state index is 5.36. The van der Waals surface area contributed by atoms with E-state index in [4.69, 9.17) is 4.74 Å². The lowest BCUT2D eigenvalue weighted by Gasteiger charge is -2.04. The van der Waals surface area contributed by atoms with Gasteiger partial charge in [-0.2, -0.15) is 5.10 Å². The van der Waals surface area contributed by atoms with Gasteiger partial charge in [-0.3, -0.25) is 0 Å². The number of fused-ring (bicyclic) bond motifs is 1. The van der Waals surface area contributed by atoms with Crippen LogP contribution >= 0.6 is 11.8 Å². The summed E-state index contributed by atoms with van der Waals surface area (Å²) in [6, 6.07) is 9.98. The van der Waals surface area contributed by atoms with Crippen molar-refractivity contribution in [2.45, 2.75) is 11.9 Å². The fourth-order valence-corrected chi connectivity index (χ4v) is 2.85. The largest absolute Gasteiger partial charge is 0.381 e. The predicted molar refractivity (Wildman–Crippen MR) is 83.9 cm³/mol. The summed E-state index contributed by atoms with van der Waals surface area (Å²) in [5.74, 6) is 0.871. The molecule has 0 aliphatic carbocycles. The van der Waals surface area contributed by atoms with Crippen molar-refractivity contribution in [2.24, 2.45) is 0 Å². The lowest BCUT2D eigenvalue weighted by molar-refractivity contribution is 0.164. The van der Waals surface area contributed by atoms with Crippen molar-refractivity contribution < 1.29 is 4.74 Å². The highest BCUT2D eigenvalue weighted by Crippen LogP contribution is 2.25. The number of benzene rings is 1. The second kappa shape index (κ2) is 6.69. The summed E-state index contributed by atoms with van der Waals surface area (Å²) < 4.78 is 7.19. The van der Waals surface area contributed by atoms with Gasteiger partial charge in [-0.15, -0.1) is 11.8 Å². The zero-order chi connectivity index (χ0) is 14.5. The molecule has 0 spiro atoms. The van der Waals surface area contributed by atoms with Crippen molar-refractivity contribution in [1.29, 1.82) is 0 Å². The van der Waals surface area contributed by atoms with E-state index in [9.17, 15) is 0 Å². The van der Waals surface area contributed by atoms with Gasteiger partial charge in [-0.1, -0.05) is 18.2 Å². The third-order valence-electron chi connectivity index (χ3n) is 3.00. The molecule has 0 unspecified atom stereocenters. The van der Waals surface area contributed by atoms with Crippen LogP contribution < -0.4 is 0 Å². The molecule has 0 radical (unpaired) electrons. The standard InChI is InChI=1S/C15H16N4OS/c1-2-20-8-9-21-15-13-10-18-19(14(13)16-11-17-15)12-6-4-3-5-7-12/h3-7,10-11H,2,8-9H2,1H3. The van der Waals surface area contributed by atoms with Crippen molar-refractivity contribution in [3.63, 3.8) is 0 Å². The third kappa shape index (κ3) is 3.06. The first-order valence-corrected chi connectivity index (χ1v) is 7.83. The molecule has 0 saturated carbocycles. The van der Waals surface area contributed by atoms with Crippen molar-refractivity contribution >= 4 is 22.8 Å². The molecule has 0 aliphatic rings. The van der Waals surface area contributed by atoms with Crippen LogP contribution in [0.3, 0.4) is 0 Å². The summed E-state index contributed by atoms with van der Waals surface area (Å²) in [5.41, 5.74) is 1.83. The van der Waals surface area contributed by atoms with E-state index in [1.165, 1.54) is 0 Å². The minimum Gasteiger partial charge on any atom is -0.381 e. The molecule has 21 heavy (non-hydrogen) atoms. The van der Waals surface area contributed by atoms with Gasteiger partial charge in [-0.25, -0.2) is 14.6 Å². The molecule has 0 atom stereocenters. The number of ether oxygens (including phenoxy) is 1. The van der Waals surface area contributed by atoms with Gasteiger partial charge in [0.15, 0.2) is 5.65 Å². The van der Waals surface area contributed by atoms with Gasteiger partial charge in [0.25, 0.3) is 0 Å². The second-order valence-corrected chi connectivity index (χ2v) is 5.44. The molecule has 0 amide bonds. The van der Waals surface area contributed by atoms with Crippen LogP contribution in [0.25, 0.3) is 16.7 Å². The van der Waals surface area contributed by atoms with Crippen molar-refractivity contribution in [1.82, 2.24) is 19.7 Å². The Hall–Kier alpha value is -1.92. The lowest BCUT2D eigenvalue weighted by Crippen LogP contribution is -1.98. The summed E-state index contributed by atoms with van der Waals surface area (Å²) >= 11 is 1.67. The molecule has 2 heterocycles. The summed E-state index contributed by atoms with van der Waals surface area (Å²) in [6.45, 7) is 3.46. The van der Waals surface area contributed by atoms with Gasteiger partial charge < -0.3 is 4.74 Å². The zero-order valence-corrected chi connectivity index (χ0v) is 12.6. The lowest BCUT2D eigenvalue weighted by atomic mass is 10.3. The summed E-state index contributed by atoms with van der Waals surface area (Å²) in [4.78, 5) is 8.72. The molecule has 6 heteroatoms. The molecular weight excluding hydrogens is 284 g/mol. The van der Waals surface area contributed by atoms with Gasteiger partial charge in [0.05, 0.1) is 23.9 Å². The summed E-state index contributed by atoms with van der Waals surface area (Å²) in [6.07, 6.45) is 3.41. The molecule has 2 aromatic heterocycles. The van der Waals surface area contributed by atoms with Crippen LogP contribution in [0.15, 0.2) is 47.9 Å². The highest BCUT2D eigenvalue weighted by Gasteiger charge is 2.11. The summed E-state index contributed by atoms with van der Waals surface area (Å²) in [5, 5.41) is 6.36. The van der Waals surface area contributed by atoms with E-state index in [1.807, 2.05) is 48.1 Å². The molecule has 3 aromatic rings. The Morgan fingerprint density at radius 3 is 2.86 bits per heavy atom. The average Bonchev–Trinajstić information content (AvgIpc) is 2.97. The molecular formula is C15H16N4OS. The number of hydrogen-bond acceptors (Lipinski definition) is 5. The molecule has 0 saturated heterocycles. The SMILES string of the molecule is CCOCCSc1ncnc2c1cnn2-c1ccccc1. The van der Waals surface area contributed by atoms with Crippen LogP contribution in [-0.2, 0) is 4.74 Å². The van der Waals surface area contributed by atoms with E-state index in [-0.39, 0.29) is 0 Å². The number of nitrogens with zero attached hydrogens (tertiary/aromatic N) is 4. The first-order valence-electron chi connectivity index (χ1n) is 6.85. The normalized spacial score (nSPS) is 11.1. The van der Waals surface area contributed by atoms with E-state index in [1.54, 1.807) is 18.1 Å². The van der Waals surface area contributed by atoms with Crippen LogP contribution in [-0.4, -0.2) is 38.7 Å². The molecule has 108 valence electrons. The van der Waals surface area contributed by atoms with E-state index in [2.05, 4.69) is 15.1 Å². The van der Waals surface area contributed by atoms with E-state index in [0.29, 0.717) is 0 Å². The number of hydrogen-bond donors (Lipinski definition) is 0. The topological polar surface area (TPSA) is 52.8 Å². The molecule has 3 rings (SSSR count). The fourth-order valence-electron chi connectivity index (χ4n) is 2.04. The first kappa shape index (κ1) is 14.0. The molecule has 1 aromatic carbocycles. The van der Waals surface area contributed by atoms with Crippen molar-refractivity contribution in [2.75, 3.05) is 19.0 Å². The summed E-state index contributed by atoms with van der Waals surface area (Å²) in [7, 11) is 0. The van der Waals surface area contributed by atoms with Gasteiger partial charge in [0.1, 0.15) is 11.4 Å². The van der Waals surface area contributed by atoms with Gasteiger partial charge in [-0.05, 0) is 19.1 Å². The minimum absolute atomic E-state index is 0.722. The third-order valence-corrected chi connectivity index (χ3v) is 3.97. The van der Waals surface area contributed by atoms with Crippen molar-refractivity contribution in [3.8, 4) is 5.69 Å². The van der Waals surface area contributed by atoms with E-state index in [0.717, 1.165) is 40.7 Å². The second-order valence-electron chi connectivity index (χ2n) is 4.35. The molecule has 0 aliphatic heterocycles. The van der Waals surface area contributed by atoms with E-state index >= 15 is 0 Å². The molecule has 0 fully saturated rings. The number of para-hydroxylation sites is 1. The van der Waals surface area contributed by atoms with Gasteiger partial charge >= 0.3 is 0 Å². The maximum Gasteiger partial charge on any atom is 0.167 e. The Kier molecular flexibility index (Phi) is 4.47. The monoisotopic (exact) mass is 300 g/mol. The van der Waals surface area contributed by atoms with Crippen molar-refractivity contribution in [3.05, 3.63) is 42.9 Å². The highest BCUT2D eigenvalue weighted by atomic mass is 32.2. The Morgan fingerprint density at radius 1 is 1.19 bits per heavy atom. The average molecular weight is 300 g/mol. The number of thioether (sulfide) groups is 1. The van der Waals surface area contributed by atoms with Gasteiger partial charge in [0.2, 0.25) is 0 Å². The number of rotatable bonds is 6.